The van der Waals surface area contributed by atoms with Crippen LogP contribution in [0.3, 0.4) is 0 Å². The molecule has 0 N–H and O–H groups in total. The third-order valence-electron chi connectivity index (χ3n) is 8.43. The van der Waals surface area contributed by atoms with E-state index in [-0.39, 0.29) is 12.0 Å². The molecule has 0 aromatic rings. The van der Waals surface area contributed by atoms with E-state index in [4.69, 9.17) is 4.74 Å². The second-order valence-electron chi connectivity index (χ2n) is 10.4. The lowest BCUT2D eigenvalue weighted by molar-refractivity contribution is -0.111. The molecule has 0 aliphatic heterocycles. The summed E-state index contributed by atoms with van der Waals surface area (Å²) in [5.74, 6) is 1.50. The highest BCUT2D eigenvalue weighted by Gasteiger charge is 2.46. The first kappa shape index (κ1) is 19.9. The highest BCUT2D eigenvalue weighted by molar-refractivity contribution is 5.32. The second kappa shape index (κ2) is 7.76. The van der Waals surface area contributed by atoms with Gasteiger partial charge in [0.2, 0.25) is 0 Å². The minimum Gasteiger partial charge on any atom is -0.369 e. The Morgan fingerprint density at radius 2 is 1.63 bits per heavy atom. The highest BCUT2D eigenvalue weighted by atomic mass is 19.1. The van der Waals surface area contributed by atoms with E-state index in [1.165, 1.54) is 57.8 Å². The Labute approximate surface area is 164 Å². The molecule has 0 aromatic carbocycles. The molecule has 3 fully saturated rings. The fraction of sp³-hybridized carbons (Fsp3) is 0.917. The lowest BCUT2D eigenvalue weighted by Gasteiger charge is -2.51. The minimum absolute atomic E-state index is 0.110. The van der Waals surface area contributed by atoms with E-state index in [0.29, 0.717) is 24.2 Å². The number of alkyl halides is 2. The summed E-state index contributed by atoms with van der Waals surface area (Å²) in [6.07, 6.45) is 9.40. The van der Waals surface area contributed by atoms with Crippen molar-refractivity contribution < 1.29 is 13.5 Å². The average molecular weight is 381 g/mol. The molecule has 2 unspecified atom stereocenters. The molecular weight excluding hydrogens is 342 g/mol. The van der Waals surface area contributed by atoms with Crippen LogP contribution in [0.1, 0.15) is 91.4 Å². The lowest BCUT2D eigenvalue weighted by Crippen LogP contribution is -2.45. The molecule has 2 bridgehead atoms. The second-order valence-corrected chi connectivity index (χ2v) is 10.4. The molecule has 0 spiro atoms. The molecule has 3 saturated carbocycles. The first-order chi connectivity index (χ1) is 12.9. The van der Waals surface area contributed by atoms with Crippen LogP contribution < -0.4 is 0 Å². The number of fused-ring (bicyclic) bond motifs is 2. The number of allylic oxidation sites excluding steroid dienone is 2. The number of hydrogen-bond acceptors (Lipinski definition) is 1. The van der Waals surface area contributed by atoms with Gasteiger partial charge in [-0.15, -0.1) is 0 Å². The zero-order valence-electron chi connectivity index (χ0n) is 17.5. The van der Waals surface area contributed by atoms with E-state index in [9.17, 15) is 8.78 Å². The van der Waals surface area contributed by atoms with E-state index in [2.05, 4.69) is 6.92 Å². The molecule has 3 heteroatoms. The normalized spacial score (nSPS) is 41.6. The van der Waals surface area contributed by atoms with Crippen LogP contribution in [-0.2, 0) is 4.74 Å². The molecule has 0 saturated heterocycles. The third kappa shape index (κ3) is 3.87. The van der Waals surface area contributed by atoms with Crippen molar-refractivity contribution in [1.29, 1.82) is 0 Å². The van der Waals surface area contributed by atoms with Gasteiger partial charge in [-0.2, -0.15) is 0 Å². The van der Waals surface area contributed by atoms with Crippen LogP contribution in [0.5, 0.6) is 0 Å². The molecule has 2 atom stereocenters. The molecule has 5 aliphatic rings. The van der Waals surface area contributed by atoms with Crippen molar-refractivity contribution in [3.8, 4) is 0 Å². The predicted octanol–water partition coefficient (Wildman–Crippen LogP) is 6.95. The Kier molecular flexibility index (Phi) is 5.71. The van der Waals surface area contributed by atoms with Crippen LogP contribution in [0, 0.1) is 23.2 Å². The smallest absolute Gasteiger partial charge is 0.129 e. The summed E-state index contributed by atoms with van der Waals surface area (Å²) in [6.45, 7) is 6.07. The van der Waals surface area contributed by atoms with Crippen molar-refractivity contribution in [3.05, 3.63) is 11.1 Å². The molecule has 0 heterocycles. The Bertz CT molecular complexity index is 541. The molecule has 27 heavy (non-hydrogen) atoms. The van der Waals surface area contributed by atoms with Gasteiger partial charge in [-0.05, 0) is 108 Å². The SMILES string of the molecule is CCC12CCC(C3CCC(C4CC(F)C(OC(C)C)C(F)C4)CC3)=C(C1)C2. The van der Waals surface area contributed by atoms with Gasteiger partial charge in [0.15, 0.2) is 0 Å². The predicted molar refractivity (Wildman–Crippen MR) is 106 cm³/mol. The number of ether oxygens (including phenoxy) is 1. The van der Waals surface area contributed by atoms with Crippen molar-refractivity contribution in [2.24, 2.45) is 23.2 Å². The maximum atomic E-state index is 14.6. The summed E-state index contributed by atoms with van der Waals surface area (Å²) in [5, 5.41) is 0. The van der Waals surface area contributed by atoms with Gasteiger partial charge in [0.25, 0.3) is 0 Å². The topological polar surface area (TPSA) is 9.23 Å². The molecule has 0 aromatic heterocycles. The maximum Gasteiger partial charge on any atom is 0.129 e. The zero-order chi connectivity index (χ0) is 19.2. The first-order valence-electron chi connectivity index (χ1n) is 11.5. The molecular formula is C24H38F2O. The van der Waals surface area contributed by atoms with Crippen LogP contribution in [0.2, 0.25) is 0 Å². The van der Waals surface area contributed by atoms with E-state index in [1.807, 2.05) is 13.8 Å². The lowest BCUT2D eigenvalue weighted by atomic mass is 9.54. The van der Waals surface area contributed by atoms with Crippen LogP contribution >= 0.6 is 0 Å². The van der Waals surface area contributed by atoms with Gasteiger partial charge in [0, 0.05) is 0 Å². The fourth-order valence-electron chi connectivity index (χ4n) is 6.73. The van der Waals surface area contributed by atoms with Crippen LogP contribution in [0.25, 0.3) is 0 Å². The van der Waals surface area contributed by atoms with Gasteiger partial charge >= 0.3 is 0 Å². The number of hydrogen-bond donors (Lipinski definition) is 0. The van der Waals surface area contributed by atoms with Crippen molar-refractivity contribution in [2.75, 3.05) is 0 Å². The molecule has 5 aliphatic carbocycles. The Balaban J connectivity index is 1.30. The zero-order valence-corrected chi connectivity index (χ0v) is 17.5. The van der Waals surface area contributed by atoms with Crippen LogP contribution in [0.15, 0.2) is 11.1 Å². The first-order valence-corrected chi connectivity index (χ1v) is 11.5. The summed E-state index contributed by atoms with van der Waals surface area (Å²) in [7, 11) is 0. The van der Waals surface area contributed by atoms with Crippen molar-refractivity contribution in [1.82, 2.24) is 0 Å². The van der Waals surface area contributed by atoms with Crippen molar-refractivity contribution in [2.45, 2.75) is 116 Å². The molecule has 0 radical (unpaired) electrons. The summed E-state index contributed by atoms with van der Waals surface area (Å²) < 4.78 is 34.7. The highest BCUT2D eigenvalue weighted by Crippen LogP contribution is 2.59. The summed E-state index contributed by atoms with van der Waals surface area (Å²) in [5.41, 5.74) is 4.24. The van der Waals surface area contributed by atoms with E-state index in [0.717, 1.165) is 5.92 Å². The summed E-state index contributed by atoms with van der Waals surface area (Å²) in [6, 6.07) is 0. The minimum atomic E-state index is -1.14. The van der Waals surface area contributed by atoms with Gasteiger partial charge in [-0.1, -0.05) is 18.1 Å². The van der Waals surface area contributed by atoms with Gasteiger partial charge in [-0.3, -0.25) is 0 Å². The Morgan fingerprint density at radius 3 is 2.11 bits per heavy atom. The monoisotopic (exact) mass is 380 g/mol. The number of rotatable bonds is 5. The van der Waals surface area contributed by atoms with E-state index < -0.39 is 18.4 Å². The standard InChI is InChI=1S/C24H38F2O/c1-4-24-10-9-20(19(13-24)14-24)17-7-5-16(6-8-17)18-11-21(25)23(22(26)12-18)27-15(2)3/h15-18,21-23H,4-14H2,1-3H3. The largest absolute Gasteiger partial charge is 0.369 e. The fourth-order valence-corrected chi connectivity index (χ4v) is 6.73. The average Bonchev–Trinajstić information content (AvgIpc) is 2.63. The van der Waals surface area contributed by atoms with Gasteiger partial charge in [-0.25, -0.2) is 8.78 Å². The van der Waals surface area contributed by atoms with Gasteiger partial charge in [0.05, 0.1) is 6.10 Å². The quantitative estimate of drug-likeness (QED) is 0.469. The molecule has 154 valence electrons. The van der Waals surface area contributed by atoms with Gasteiger partial charge in [0.1, 0.15) is 18.4 Å². The Hall–Kier alpha value is -0.440. The summed E-state index contributed by atoms with van der Waals surface area (Å²) >= 11 is 0. The Morgan fingerprint density at radius 1 is 1.00 bits per heavy atom. The third-order valence-corrected chi connectivity index (χ3v) is 8.43. The van der Waals surface area contributed by atoms with Crippen molar-refractivity contribution >= 4 is 0 Å². The van der Waals surface area contributed by atoms with Gasteiger partial charge < -0.3 is 4.74 Å². The molecule has 0 amide bonds. The van der Waals surface area contributed by atoms with Crippen LogP contribution in [-0.4, -0.2) is 24.6 Å². The van der Waals surface area contributed by atoms with Crippen molar-refractivity contribution in [3.63, 3.8) is 0 Å². The maximum absolute atomic E-state index is 14.6. The van der Waals surface area contributed by atoms with E-state index >= 15 is 0 Å². The number of halogens is 2. The summed E-state index contributed by atoms with van der Waals surface area (Å²) in [4.78, 5) is 0. The molecule has 1 nitrogen and oxygen atoms in total. The van der Waals surface area contributed by atoms with E-state index in [1.54, 1.807) is 11.1 Å². The molecule has 5 rings (SSSR count). The van der Waals surface area contributed by atoms with Crippen LogP contribution in [0.4, 0.5) is 8.78 Å².